The number of thioether (sulfide) groups is 1. The summed E-state index contributed by atoms with van der Waals surface area (Å²) < 4.78 is 12.9. The number of amides is 1. The fourth-order valence-electron chi connectivity index (χ4n) is 3.36. The molecule has 1 unspecified atom stereocenters. The average Bonchev–Trinajstić information content (AvgIpc) is 3.39. The Morgan fingerprint density at radius 3 is 2.39 bits per heavy atom. The van der Waals surface area contributed by atoms with Crippen LogP contribution in [-0.2, 0) is 11.3 Å². The molecule has 144 valence electrons. The fourth-order valence-corrected chi connectivity index (χ4v) is 4.60. The molecule has 2 heterocycles. The molecule has 0 N–H and O–H groups in total. The summed E-state index contributed by atoms with van der Waals surface area (Å²) in [5.74, 6) is 2.01. The smallest absolute Gasteiger partial charge is 0.234 e. The maximum Gasteiger partial charge on any atom is 0.234 e. The maximum atomic E-state index is 12.6. The van der Waals surface area contributed by atoms with Gasteiger partial charge in [0.1, 0.15) is 16.9 Å². The van der Waals surface area contributed by atoms with Crippen LogP contribution in [0.15, 0.2) is 60.9 Å². The molecule has 1 aliphatic rings. The number of methoxy groups -OCH3 is 2. The van der Waals surface area contributed by atoms with Crippen molar-refractivity contribution < 1.29 is 14.3 Å². The summed E-state index contributed by atoms with van der Waals surface area (Å²) in [6, 6.07) is 15.7. The highest BCUT2D eigenvalue weighted by molar-refractivity contribution is 8.00. The second kappa shape index (κ2) is 7.98. The van der Waals surface area contributed by atoms with Crippen LogP contribution in [0.3, 0.4) is 0 Å². The van der Waals surface area contributed by atoms with Gasteiger partial charge in [-0.15, -0.1) is 11.8 Å². The molecule has 4 rings (SSSR count). The standard InChI is InChI=1S/C21H21N3O3S/c1-26-17-5-3-6-18(27-2)20(17)21-23(19(25)14-28-21)13-15-7-9-16(10-8-15)24-12-4-11-22-24/h3-12,21H,13-14H2,1-2H3. The minimum Gasteiger partial charge on any atom is -0.496 e. The van der Waals surface area contributed by atoms with Crippen molar-refractivity contribution in [3.63, 3.8) is 0 Å². The monoisotopic (exact) mass is 395 g/mol. The molecule has 1 aliphatic heterocycles. The highest BCUT2D eigenvalue weighted by atomic mass is 32.2. The summed E-state index contributed by atoms with van der Waals surface area (Å²) in [5.41, 5.74) is 2.95. The Kier molecular flexibility index (Phi) is 5.25. The molecule has 3 aromatic rings. The molecule has 1 aromatic heterocycles. The van der Waals surface area contributed by atoms with Gasteiger partial charge in [0.15, 0.2) is 0 Å². The van der Waals surface area contributed by atoms with Crippen LogP contribution in [0.1, 0.15) is 16.5 Å². The summed E-state index contributed by atoms with van der Waals surface area (Å²) in [4.78, 5) is 14.5. The van der Waals surface area contributed by atoms with Gasteiger partial charge in [-0.3, -0.25) is 4.79 Å². The topological polar surface area (TPSA) is 56.6 Å². The van der Waals surface area contributed by atoms with Crippen molar-refractivity contribution >= 4 is 17.7 Å². The minimum absolute atomic E-state index is 0.110. The summed E-state index contributed by atoms with van der Waals surface area (Å²) in [5, 5.41) is 4.09. The largest absolute Gasteiger partial charge is 0.496 e. The Morgan fingerprint density at radius 2 is 1.79 bits per heavy atom. The van der Waals surface area contributed by atoms with Gasteiger partial charge < -0.3 is 14.4 Å². The lowest BCUT2D eigenvalue weighted by Gasteiger charge is -2.27. The lowest BCUT2D eigenvalue weighted by molar-refractivity contribution is -0.128. The van der Waals surface area contributed by atoms with Crippen molar-refractivity contribution in [1.29, 1.82) is 0 Å². The van der Waals surface area contributed by atoms with Gasteiger partial charge in [0.05, 0.1) is 31.2 Å². The Bertz CT molecular complexity index is 935. The summed E-state index contributed by atoms with van der Waals surface area (Å²) in [6.07, 6.45) is 3.65. The van der Waals surface area contributed by atoms with Gasteiger partial charge in [0, 0.05) is 18.9 Å². The van der Waals surface area contributed by atoms with Crippen LogP contribution in [0, 0.1) is 0 Å². The second-order valence-electron chi connectivity index (χ2n) is 6.38. The highest BCUT2D eigenvalue weighted by Crippen LogP contribution is 2.47. The summed E-state index contributed by atoms with van der Waals surface area (Å²) >= 11 is 1.59. The van der Waals surface area contributed by atoms with E-state index in [-0.39, 0.29) is 11.3 Å². The first-order valence-electron chi connectivity index (χ1n) is 8.92. The van der Waals surface area contributed by atoms with E-state index in [0.29, 0.717) is 12.3 Å². The molecular weight excluding hydrogens is 374 g/mol. The van der Waals surface area contributed by atoms with E-state index in [0.717, 1.165) is 28.3 Å². The molecule has 0 bridgehead atoms. The van der Waals surface area contributed by atoms with Crippen molar-refractivity contribution in [1.82, 2.24) is 14.7 Å². The number of rotatable bonds is 6. The normalized spacial score (nSPS) is 16.4. The molecule has 0 spiro atoms. The minimum atomic E-state index is -0.149. The number of hydrogen-bond donors (Lipinski definition) is 0. The molecular formula is C21H21N3O3S. The first kappa shape index (κ1) is 18.4. The molecule has 0 aliphatic carbocycles. The summed E-state index contributed by atoms with van der Waals surface area (Å²) in [6.45, 7) is 0.525. The molecule has 6 nitrogen and oxygen atoms in total. The van der Waals surface area contributed by atoms with Gasteiger partial charge in [0.25, 0.3) is 0 Å². The van der Waals surface area contributed by atoms with Gasteiger partial charge in [-0.1, -0.05) is 18.2 Å². The number of carbonyl (C=O) groups is 1. The third-order valence-corrected chi connectivity index (χ3v) is 5.96. The third-order valence-electron chi connectivity index (χ3n) is 4.74. The molecule has 0 saturated carbocycles. The molecule has 1 fully saturated rings. The van der Waals surface area contributed by atoms with Gasteiger partial charge in [-0.2, -0.15) is 5.10 Å². The van der Waals surface area contributed by atoms with E-state index in [1.54, 1.807) is 32.2 Å². The number of carbonyl (C=O) groups excluding carboxylic acids is 1. The van der Waals surface area contributed by atoms with Crippen LogP contribution >= 0.6 is 11.8 Å². The van der Waals surface area contributed by atoms with Crippen molar-refractivity contribution in [2.24, 2.45) is 0 Å². The quantitative estimate of drug-likeness (QED) is 0.638. The van der Waals surface area contributed by atoms with E-state index in [1.807, 2.05) is 64.3 Å². The number of nitrogens with zero attached hydrogens (tertiary/aromatic N) is 3. The predicted molar refractivity (Wildman–Crippen MR) is 109 cm³/mol. The number of benzene rings is 2. The average molecular weight is 395 g/mol. The van der Waals surface area contributed by atoms with E-state index >= 15 is 0 Å². The Hall–Kier alpha value is -2.93. The molecule has 1 saturated heterocycles. The van der Waals surface area contributed by atoms with E-state index in [1.165, 1.54) is 0 Å². The van der Waals surface area contributed by atoms with E-state index in [4.69, 9.17) is 9.47 Å². The van der Waals surface area contributed by atoms with Gasteiger partial charge in [-0.25, -0.2) is 4.68 Å². The number of hydrogen-bond acceptors (Lipinski definition) is 5. The van der Waals surface area contributed by atoms with Crippen molar-refractivity contribution in [2.75, 3.05) is 20.0 Å². The van der Waals surface area contributed by atoms with Crippen LogP contribution in [0.4, 0.5) is 0 Å². The zero-order chi connectivity index (χ0) is 19.5. The van der Waals surface area contributed by atoms with Gasteiger partial charge in [0.2, 0.25) is 5.91 Å². The van der Waals surface area contributed by atoms with Crippen LogP contribution < -0.4 is 9.47 Å². The molecule has 2 aromatic carbocycles. The zero-order valence-electron chi connectivity index (χ0n) is 15.7. The molecule has 0 radical (unpaired) electrons. The Balaban J connectivity index is 1.61. The Morgan fingerprint density at radius 1 is 1.07 bits per heavy atom. The van der Waals surface area contributed by atoms with E-state index in [2.05, 4.69) is 5.10 Å². The third kappa shape index (κ3) is 3.45. The van der Waals surface area contributed by atoms with Crippen molar-refractivity contribution in [3.05, 3.63) is 72.1 Å². The van der Waals surface area contributed by atoms with Crippen molar-refractivity contribution in [3.8, 4) is 17.2 Å². The number of ether oxygens (including phenoxy) is 2. The van der Waals surface area contributed by atoms with E-state index in [9.17, 15) is 4.79 Å². The highest BCUT2D eigenvalue weighted by Gasteiger charge is 2.36. The number of aromatic nitrogens is 2. The molecule has 7 heteroatoms. The first-order valence-corrected chi connectivity index (χ1v) is 9.97. The van der Waals surface area contributed by atoms with Crippen LogP contribution in [0.5, 0.6) is 11.5 Å². The van der Waals surface area contributed by atoms with Crippen molar-refractivity contribution in [2.45, 2.75) is 11.9 Å². The lowest BCUT2D eigenvalue weighted by atomic mass is 10.1. The SMILES string of the molecule is COc1cccc(OC)c1C1SCC(=O)N1Cc1ccc(-n2cccn2)cc1. The molecule has 1 atom stereocenters. The molecule has 1 amide bonds. The van der Waals surface area contributed by atoms with Crippen LogP contribution in [0.25, 0.3) is 5.69 Å². The van der Waals surface area contributed by atoms with E-state index < -0.39 is 0 Å². The fraction of sp³-hybridized carbons (Fsp3) is 0.238. The Labute approximate surface area is 168 Å². The first-order chi connectivity index (χ1) is 13.7. The van der Waals surface area contributed by atoms with Gasteiger partial charge in [-0.05, 0) is 35.9 Å². The summed E-state index contributed by atoms with van der Waals surface area (Å²) in [7, 11) is 3.27. The lowest BCUT2D eigenvalue weighted by Crippen LogP contribution is -2.28. The molecule has 28 heavy (non-hydrogen) atoms. The second-order valence-corrected chi connectivity index (χ2v) is 7.45. The zero-order valence-corrected chi connectivity index (χ0v) is 16.6. The van der Waals surface area contributed by atoms with Gasteiger partial charge >= 0.3 is 0 Å². The van der Waals surface area contributed by atoms with Crippen LogP contribution in [0.2, 0.25) is 0 Å². The maximum absolute atomic E-state index is 12.6. The predicted octanol–water partition coefficient (Wildman–Crippen LogP) is 3.66. The van der Waals surface area contributed by atoms with Crippen LogP contribution in [-0.4, -0.2) is 40.6 Å².